The van der Waals surface area contributed by atoms with Crippen molar-refractivity contribution in [1.82, 2.24) is 0 Å². The second-order valence-electron chi connectivity index (χ2n) is 5.72. The van der Waals surface area contributed by atoms with Crippen molar-refractivity contribution >= 4 is 22.9 Å². The molecule has 0 saturated carbocycles. The summed E-state index contributed by atoms with van der Waals surface area (Å²) in [7, 11) is 5.97. The molecule has 0 saturated heterocycles. The van der Waals surface area contributed by atoms with E-state index in [2.05, 4.69) is 19.4 Å². The summed E-state index contributed by atoms with van der Waals surface area (Å²) in [6.07, 6.45) is 0. The highest BCUT2D eigenvalue weighted by Crippen LogP contribution is 2.37. The standard InChI is InChI=1S/C17H23ClN2O2S/c1-20(2)7-6-19-11-13-9-15(18)17(16(10-13)21-3)22-12-14-5-4-8-23-14/h4-5,8-10,19H,6-7,11-12H2,1-3H3/p+2. The Bertz CT molecular complexity index is 603. The Hall–Kier alpha value is -1.27. The molecule has 1 aromatic heterocycles. The second kappa shape index (κ2) is 9.13. The number of methoxy groups -OCH3 is 1. The van der Waals surface area contributed by atoms with Crippen LogP contribution in [0.2, 0.25) is 5.02 Å². The van der Waals surface area contributed by atoms with Crippen LogP contribution >= 0.6 is 22.9 Å². The summed E-state index contributed by atoms with van der Waals surface area (Å²) in [4.78, 5) is 2.61. The van der Waals surface area contributed by atoms with Crippen molar-refractivity contribution in [3.05, 3.63) is 45.1 Å². The topological polar surface area (TPSA) is 39.5 Å². The molecule has 0 atom stereocenters. The molecule has 0 aliphatic carbocycles. The van der Waals surface area contributed by atoms with Gasteiger partial charge in [0.05, 0.1) is 26.2 Å². The SMILES string of the molecule is COc1cc(C[NH2+]CC[NH+](C)C)cc(Cl)c1OCc1cccs1. The molecule has 0 amide bonds. The Morgan fingerprint density at radius 3 is 2.78 bits per heavy atom. The third-order valence-corrected chi connectivity index (χ3v) is 4.59. The molecule has 1 heterocycles. The number of quaternary nitrogens is 2. The van der Waals surface area contributed by atoms with Gasteiger partial charge in [-0.2, -0.15) is 0 Å². The summed E-state index contributed by atoms with van der Waals surface area (Å²) in [5.74, 6) is 1.31. The Morgan fingerprint density at radius 1 is 1.30 bits per heavy atom. The van der Waals surface area contributed by atoms with Gasteiger partial charge in [0.15, 0.2) is 11.5 Å². The molecule has 3 N–H and O–H groups in total. The van der Waals surface area contributed by atoms with E-state index < -0.39 is 0 Å². The van der Waals surface area contributed by atoms with Gasteiger partial charge in [-0.3, -0.25) is 0 Å². The van der Waals surface area contributed by atoms with Crippen LogP contribution in [0.15, 0.2) is 29.6 Å². The van der Waals surface area contributed by atoms with Crippen LogP contribution in [0.5, 0.6) is 11.5 Å². The summed E-state index contributed by atoms with van der Waals surface area (Å²) in [5, 5.41) is 4.92. The molecule has 1 aromatic carbocycles. The molecular weight excluding hydrogens is 332 g/mol. The zero-order valence-electron chi connectivity index (χ0n) is 13.9. The van der Waals surface area contributed by atoms with Gasteiger partial charge in [-0.1, -0.05) is 17.7 Å². The quantitative estimate of drug-likeness (QED) is 0.663. The number of likely N-dealkylation sites (N-methyl/N-ethyl adjacent to an activating group) is 1. The third-order valence-electron chi connectivity index (χ3n) is 3.46. The lowest BCUT2D eigenvalue weighted by Crippen LogP contribution is -3.09. The molecule has 2 aromatic rings. The van der Waals surface area contributed by atoms with E-state index in [0.29, 0.717) is 23.1 Å². The van der Waals surface area contributed by atoms with Crippen LogP contribution in [0.25, 0.3) is 0 Å². The molecule has 0 spiro atoms. The highest BCUT2D eigenvalue weighted by atomic mass is 35.5. The van der Waals surface area contributed by atoms with Gasteiger partial charge in [0.2, 0.25) is 0 Å². The third kappa shape index (κ3) is 5.70. The van der Waals surface area contributed by atoms with E-state index in [1.165, 1.54) is 4.90 Å². The van der Waals surface area contributed by atoms with Crippen molar-refractivity contribution in [3.8, 4) is 11.5 Å². The summed E-state index contributed by atoms with van der Waals surface area (Å²) >= 11 is 8.06. The molecule has 0 aliphatic heterocycles. The number of rotatable bonds is 9. The molecule has 6 heteroatoms. The molecule has 0 fully saturated rings. The van der Waals surface area contributed by atoms with Crippen LogP contribution in [0.4, 0.5) is 0 Å². The number of nitrogens with two attached hydrogens (primary N) is 1. The molecular formula is C17H25ClN2O2S+2. The smallest absolute Gasteiger partial charge is 0.180 e. The lowest BCUT2D eigenvalue weighted by atomic mass is 10.2. The zero-order valence-corrected chi connectivity index (χ0v) is 15.5. The van der Waals surface area contributed by atoms with E-state index in [0.717, 1.165) is 30.1 Å². The fraction of sp³-hybridized carbons (Fsp3) is 0.412. The van der Waals surface area contributed by atoms with Gasteiger partial charge in [0, 0.05) is 10.4 Å². The Labute approximate surface area is 147 Å². The van der Waals surface area contributed by atoms with Crippen molar-refractivity contribution in [3.63, 3.8) is 0 Å². The summed E-state index contributed by atoms with van der Waals surface area (Å²) in [6, 6.07) is 8.03. The lowest BCUT2D eigenvalue weighted by Gasteiger charge is -2.13. The molecule has 0 unspecified atom stereocenters. The maximum absolute atomic E-state index is 6.40. The van der Waals surface area contributed by atoms with Gasteiger partial charge >= 0.3 is 0 Å². The predicted octanol–water partition coefficient (Wildman–Crippen LogP) is 1.20. The first kappa shape index (κ1) is 18.1. The first-order valence-electron chi connectivity index (χ1n) is 7.72. The van der Waals surface area contributed by atoms with E-state index in [4.69, 9.17) is 21.1 Å². The number of ether oxygens (including phenoxy) is 2. The van der Waals surface area contributed by atoms with E-state index in [1.807, 2.05) is 29.6 Å². The number of nitrogens with one attached hydrogen (secondary N) is 1. The highest BCUT2D eigenvalue weighted by molar-refractivity contribution is 7.09. The molecule has 0 bridgehead atoms. The molecule has 0 radical (unpaired) electrons. The van der Waals surface area contributed by atoms with Gasteiger partial charge in [-0.05, 0) is 23.6 Å². The maximum atomic E-state index is 6.40. The van der Waals surface area contributed by atoms with E-state index in [-0.39, 0.29) is 0 Å². The van der Waals surface area contributed by atoms with E-state index >= 15 is 0 Å². The van der Waals surface area contributed by atoms with Gasteiger partial charge in [0.1, 0.15) is 26.2 Å². The van der Waals surface area contributed by atoms with Crippen LogP contribution in [0.3, 0.4) is 0 Å². The predicted molar refractivity (Wildman–Crippen MR) is 94.8 cm³/mol. The summed E-state index contributed by atoms with van der Waals surface area (Å²) in [6.45, 7) is 3.60. The van der Waals surface area contributed by atoms with Crippen molar-refractivity contribution in [2.24, 2.45) is 0 Å². The largest absolute Gasteiger partial charge is 0.493 e. The van der Waals surface area contributed by atoms with Crippen molar-refractivity contribution in [2.45, 2.75) is 13.2 Å². The van der Waals surface area contributed by atoms with Crippen molar-refractivity contribution in [2.75, 3.05) is 34.3 Å². The van der Waals surface area contributed by atoms with Gasteiger partial charge in [-0.25, -0.2) is 0 Å². The van der Waals surface area contributed by atoms with E-state index in [9.17, 15) is 0 Å². The Kier molecular flexibility index (Phi) is 7.17. The molecule has 23 heavy (non-hydrogen) atoms. The zero-order chi connectivity index (χ0) is 16.7. The van der Waals surface area contributed by atoms with Gasteiger partial charge < -0.3 is 19.7 Å². The van der Waals surface area contributed by atoms with Crippen LogP contribution < -0.4 is 19.7 Å². The number of benzene rings is 1. The maximum Gasteiger partial charge on any atom is 0.180 e. The van der Waals surface area contributed by atoms with Crippen LogP contribution in [-0.4, -0.2) is 34.3 Å². The number of thiophene rings is 1. The lowest BCUT2D eigenvalue weighted by molar-refractivity contribution is -0.875. The normalized spacial score (nSPS) is 11.0. The number of hydrogen-bond acceptors (Lipinski definition) is 3. The highest BCUT2D eigenvalue weighted by Gasteiger charge is 2.13. The van der Waals surface area contributed by atoms with Gasteiger partial charge in [0.25, 0.3) is 0 Å². The van der Waals surface area contributed by atoms with Crippen molar-refractivity contribution in [1.29, 1.82) is 0 Å². The average molecular weight is 357 g/mol. The first-order chi connectivity index (χ1) is 11.1. The van der Waals surface area contributed by atoms with Gasteiger partial charge in [-0.15, -0.1) is 11.3 Å². The summed E-state index contributed by atoms with van der Waals surface area (Å²) in [5.41, 5.74) is 1.14. The number of halogens is 1. The molecule has 2 rings (SSSR count). The van der Waals surface area contributed by atoms with E-state index in [1.54, 1.807) is 18.4 Å². The minimum Gasteiger partial charge on any atom is -0.493 e. The Balaban J connectivity index is 1.99. The molecule has 126 valence electrons. The molecule has 4 nitrogen and oxygen atoms in total. The first-order valence-corrected chi connectivity index (χ1v) is 8.98. The minimum absolute atomic E-state index is 0.505. The Morgan fingerprint density at radius 2 is 2.13 bits per heavy atom. The minimum atomic E-state index is 0.505. The fourth-order valence-electron chi connectivity index (χ4n) is 2.23. The van der Waals surface area contributed by atoms with Crippen LogP contribution in [0, 0.1) is 0 Å². The molecule has 0 aliphatic rings. The summed E-state index contributed by atoms with van der Waals surface area (Å²) < 4.78 is 11.3. The monoisotopic (exact) mass is 356 g/mol. The fourth-order valence-corrected chi connectivity index (χ4v) is 3.13. The number of hydrogen-bond donors (Lipinski definition) is 2. The van der Waals surface area contributed by atoms with Crippen molar-refractivity contribution < 1.29 is 19.7 Å². The average Bonchev–Trinajstić information content (AvgIpc) is 3.03. The van der Waals surface area contributed by atoms with Crippen LogP contribution in [-0.2, 0) is 13.2 Å². The van der Waals surface area contributed by atoms with Crippen LogP contribution in [0.1, 0.15) is 10.4 Å². The second-order valence-corrected chi connectivity index (χ2v) is 7.16.